The van der Waals surface area contributed by atoms with Crippen LogP contribution in [0.1, 0.15) is 12.8 Å². The van der Waals surface area contributed by atoms with Crippen LogP contribution < -0.4 is 67.5 Å². The first kappa shape index (κ1) is 15.0. The van der Waals surface area contributed by atoms with E-state index in [-0.39, 0.29) is 64.4 Å². The normalized spacial score (nSPS) is 8.67. The molecule has 6 heteroatoms. The molecule has 0 aliphatic rings. The molecule has 3 N–H and O–H groups in total. The van der Waals surface area contributed by atoms with Crippen molar-refractivity contribution in [2.45, 2.75) is 12.8 Å². The van der Waals surface area contributed by atoms with E-state index in [9.17, 15) is 14.7 Å². The molecule has 1 amide bonds. The summed E-state index contributed by atoms with van der Waals surface area (Å²) in [5, 5.41) is 12.5. The first-order valence-corrected chi connectivity index (χ1v) is 3.32. The van der Waals surface area contributed by atoms with Gasteiger partial charge in [0.15, 0.2) is 0 Å². The van der Waals surface area contributed by atoms with Crippen molar-refractivity contribution in [2.75, 3.05) is 13.1 Å². The summed E-state index contributed by atoms with van der Waals surface area (Å²) in [5.41, 5.74) is 4.80. The molecule has 0 saturated carbocycles. The fourth-order valence-corrected chi connectivity index (χ4v) is 0.569. The minimum absolute atomic E-state index is 0. The molecule has 0 rings (SSSR count). The minimum atomic E-state index is -1.08. The Morgan fingerprint density at radius 3 is 2.42 bits per heavy atom. The Hall–Kier alpha value is 0.536. The minimum Gasteiger partial charge on any atom is -0.550 e. The third kappa shape index (κ3) is 13.1. The molecule has 0 saturated heterocycles. The Balaban J connectivity index is 0. The van der Waals surface area contributed by atoms with Crippen molar-refractivity contribution in [3.8, 4) is 0 Å². The summed E-state index contributed by atoms with van der Waals surface area (Å²) in [7, 11) is 0. The zero-order chi connectivity index (χ0) is 8.69. The van der Waals surface area contributed by atoms with E-state index in [4.69, 9.17) is 5.73 Å². The molecule has 12 heavy (non-hydrogen) atoms. The molecule has 0 aromatic carbocycles. The van der Waals surface area contributed by atoms with Crippen molar-refractivity contribution in [2.24, 2.45) is 5.73 Å². The Morgan fingerprint density at radius 1 is 1.42 bits per heavy atom. The Kier molecular flexibility index (Phi) is 12.1. The summed E-state index contributed by atoms with van der Waals surface area (Å²) < 4.78 is 0. The van der Waals surface area contributed by atoms with Crippen molar-refractivity contribution in [1.82, 2.24) is 5.32 Å². The molecule has 0 aromatic heterocycles. The van der Waals surface area contributed by atoms with Crippen LogP contribution in [0.25, 0.3) is 0 Å². The largest absolute Gasteiger partial charge is 1.00 e. The fourth-order valence-electron chi connectivity index (χ4n) is 0.569. The van der Waals surface area contributed by atoms with Crippen molar-refractivity contribution in [3.05, 3.63) is 0 Å². The second kappa shape index (κ2) is 9.62. The van der Waals surface area contributed by atoms with E-state index in [1.165, 1.54) is 0 Å². The molecule has 0 aliphatic carbocycles. The maximum absolute atomic E-state index is 10.1. The molecule has 0 aromatic rings. The summed E-state index contributed by atoms with van der Waals surface area (Å²) in [6.07, 6.45) is 0.460. The zero-order valence-corrected chi connectivity index (χ0v) is 10.3. The Bertz CT molecular complexity index is 136. The van der Waals surface area contributed by atoms with Crippen LogP contribution in [0.3, 0.4) is 0 Å². The van der Waals surface area contributed by atoms with E-state index in [1.54, 1.807) is 0 Å². The van der Waals surface area contributed by atoms with E-state index < -0.39 is 11.9 Å². The zero-order valence-electron chi connectivity index (χ0n) is 7.13. The number of aliphatic carboxylic acids is 1. The van der Waals surface area contributed by atoms with Gasteiger partial charge in [-0.1, -0.05) is 0 Å². The summed E-state index contributed by atoms with van der Waals surface area (Å²) in [5.74, 6) is -1.52. The molecule has 0 unspecified atom stereocenters. The predicted octanol–water partition coefficient (Wildman–Crippen LogP) is -5.40. The summed E-state index contributed by atoms with van der Waals surface area (Å²) in [6.45, 7) is 0.559. The fraction of sp³-hybridized carbons (Fsp3) is 0.667. The number of hydrogen-bond donors (Lipinski definition) is 2. The summed E-state index contributed by atoms with van der Waals surface area (Å²) >= 11 is 0. The number of carboxylic acids is 1. The number of nitrogens with two attached hydrogens (primary N) is 1. The Labute approximate surface area is 113 Å². The third-order valence-corrected chi connectivity index (χ3v) is 1.03. The second-order valence-electron chi connectivity index (χ2n) is 2.12. The standard InChI is InChI=1S/C6H12N2O3.K/c7-5(9)4-8-3-1-2-6(10)11;/h8H,1-4H2,(H2,7,9)(H,10,11);/q;+1/p-1. The van der Waals surface area contributed by atoms with Gasteiger partial charge in [-0.25, -0.2) is 0 Å². The van der Waals surface area contributed by atoms with Gasteiger partial charge in [0.05, 0.1) is 6.54 Å². The quantitative estimate of drug-likeness (QED) is 0.329. The SMILES string of the molecule is NC(=O)CNCCCC(=O)[O-].[K+]. The number of amides is 1. The number of carbonyl (C=O) groups is 2. The first-order chi connectivity index (χ1) is 5.13. The number of primary amides is 1. The van der Waals surface area contributed by atoms with Crippen LogP contribution in [0.5, 0.6) is 0 Å². The molecule has 0 atom stereocenters. The van der Waals surface area contributed by atoms with E-state index in [0.29, 0.717) is 13.0 Å². The van der Waals surface area contributed by atoms with Gasteiger partial charge in [-0.2, -0.15) is 0 Å². The van der Waals surface area contributed by atoms with E-state index >= 15 is 0 Å². The number of nitrogens with one attached hydrogen (secondary N) is 1. The molecule has 0 radical (unpaired) electrons. The van der Waals surface area contributed by atoms with Crippen LogP contribution in [0.2, 0.25) is 0 Å². The van der Waals surface area contributed by atoms with Gasteiger partial charge in [0, 0.05) is 5.97 Å². The number of carbonyl (C=O) groups excluding carboxylic acids is 2. The van der Waals surface area contributed by atoms with Crippen molar-refractivity contribution in [1.29, 1.82) is 0 Å². The maximum atomic E-state index is 10.1. The van der Waals surface area contributed by atoms with Gasteiger partial charge in [-0.3, -0.25) is 4.79 Å². The van der Waals surface area contributed by atoms with Crippen LogP contribution >= 0.6 is 0 Å². The van der Waals surface area contributed by atoms with Crippen molar-refractivity contribution < 1.29 is 66.1 Å². The molecule has 0 spiro atoms. The molecular weight excluding hydrogens is 187 g/mol. The molecule has 0 heterocycles. The average Bonchev–Trinajstić information content (AvgIpc) is 1.85. The Morgan fingerprint density at radius 2 is 2.00 bits per heavy atom. The summed E-state index contributed by atoms with van der Waals surface area (Å²) in [4.78, 5) is 20.0. The van der Waals surface area contributed by atoms with E-state index in [1.807, 2.05) is 0 Å². The van der Waals surface area contributed by atoms with Gasteiger partial charge in [-0.05, 0) is 19.4 Å². The van der Waals surface area contributed by atoms with Crippen molar-refractivity contribution in [3.63, 3.8) is 0 Å². The number of hydrogen-bond acceptors (Lipinski definition) is 4. The molecule has 64 valence electrons. The molecule has 0 bridgehead atoms. The van der Waals surface area contributed by atoms with Crippen molar-refractivity contribution >= 4 is 11.9 Å². The van der Waals surface area contributed by atoms with Gasteiger partial charge in [0.2, 0.25) is 5.91 Å². The monoisotopic (exact) mass is 198 g/mol. The van der Waals surface area contributed by atoms with Crippen LogP contribution in [-0.2, 0) is 9.59 Å². The average molecular weight is 198 g/mol. The molecular formula is C6H11KN2O3. The van der Waals surface area contributed by atoms with Gasteiger partial charge in [-0.15, -0.1) is 0 Å². The van der Waals surface area contributed by atoms with Gasteiger partial charge >= 0.3 is 51.4 Å². The third-order valence-electron chi connectivity index (χ3n) is 1.03. The topological polar surface area (TPSA) is 95.2 Å². The van der Waals surface area contributed by atoms with Crippen LogP contribution in [0.4, 0.5) is 0 Å². The van der Waals surface area contributed by atoms with E-state index in [2.05, 4.69) is 5.32 Å². The second-order valence-corrected chi connectivity index (χ2v) is 2.12. The van der Waals surface area contributed by atoms with Gasteiger partial charge in [0.25, 0.3) is 0 Å². The van der Waals surface area contributed by atoms with Crippen LogP contribution in [0, 0.1) is 0 Å². The molecule has 5 nitrogen and oxygen atoms in total. The predicted molar refractivity (Wildman–Crippen MR) is 36.3 cm³/mol. The van der Waals surface area contributed by atoms with E-state index in [0.717, 1.165) is 0 Å². The van der Waals surface area contributed by atoms with Crippen LogP contribution in [-0.4, -0.2) is 25.0 Å². The number of carboxylic acid groups (broad SMARTS) is 1. The molecule has 0 fully saturated rings. The molecule has 0 aliphatic heterocycles. The van der Waals surface area contributed by atoms with Gasteiger partial charge in [0.1, 0.15) is 0 Å². The smallest absolute Gasteiger partial charge is 0.550 e. The summed E-state index contributed by atoms with van der Waals surface area (Å²) in [6, 6.07) is 0. The van der Waals surface area contributed by atoms with Gasteiger partial charge < -0.3 is 21.0 Å². The maximum Gasteiger partial charge on any atom is 1.00 e. The number of rotatable bonds is 6. The first-order valence-electron chi connectivity index (χ1n) is 3.32. The van der Waals surface area contributed by atoms with Crippen LogP contribution in [0.15, 0.2) is 0 Å².